The minimum absolute atomic E-state index is 0.254. The maximum atomic E-state index is 11.9. The van der Waals surface area contributed by atoms with Crippen LogP contribution in [0.4, 0.5) is 13.2 Å². The van der Waals surface area contributed by atoms with Crippen molar-refractivity contribution in [3.63, 3.8) is 0 Å². The van der Waals surface area contributed by atoms with Gasteiger partial charge in [-0.25, -0.2) is 0 Å². The van der Waals surface area contributed by atoms with E-state index in [2.05, 4.69) is 5.32 Å². The van der Waals surface area contributed by atoms with E-state index >= 15 is 0 Å². The van der Waals surface area contributed by atoms with Crippen LogP contribution in [0.25, 0.3) is 0 Å². The molecule has 6 heteroatoms. The van der Waals surface area contributed by atoms with E-state index < -0.39 is 18.8 Å². The molecular weight excluding hydrogens is 243 g/mol. The SMILES string of the molecule is O[C@H](CNCc1ccc(Cl)cc1)C(F)(F)F. The Bertz CT molecular complexity index is 326. The normalized spacial score (nSPS) is 13.8. The van der Waals surface area contributed by atoms with Crippen molar-refractivity contribution < 1.29 is 18.3 Å². The Labute approximate surface area is 96.0 Å². The number of benzene rings is 1. The second-order valence-corrected chi connectivity index (χ2v) is 3.75. The molecule has 0 fully saturated rings. The molecule has 2 nitrogen and oxygen atoms in total. The topological polar surface area (TPSA) is 32.3 Å². The third-order valence-corrected chi connectivity index (χ3v) is 2.21. The molecule has 1 aromatic carbocycles. The van der Waals surface area contributed by atoms with Gasteiger partial charge in [-0.2, -0.15) is 13.2 Å². The fourth-order valence-electron chi connectivity index (χ4n) is 1.07. The first kappa shape index (κ1) is 13.3. The highest BCUT2D eigenvalue weighted by Gasteiger charge is 2.37. The number of alkyl halides is 3. The van der Waals surface area contributed by atoms with Gasteiger partial charge in [-0.3, -0.25) is 0 Å². The Morgan fingerprint density at radius 3 is 2.31 bits per heavy atom. The maximum absolute atomic E-state index is 11.9. The van der Waals surface area contributed by atoms with Crippen LogP contribution in [0.15, 0.2) is 24.3 Å². The lowest BCUT2D eigenvalue weighted by Crippen LogP contribution is -2.38. The number of hydrogen-bond donors (Lipinski definition) is 2. The molecule has 1 atom stereocenters. The van der Waals surface area contributed by atoms with Gasteiger partial charge in [0, 0.05) is 18.1 Å². The van der Waals surface area contributed by atoms with Gasteiger partial charge in [0.2, 0.25) is 0 Å². The number of halogens is 4. The quantitative estimate of drug-likeness (QED) is 0.863. The standard InChI is InChI=1S/C10H11ClF3NO/c11-8-3-1-7(2-4-8)5-15-6-9(16)10(12,13)14/h1-4,9,15-16H,5-6H2/t9-/m1/s1. The Balaban J connectivity index is 2.33. The molecule has 1 rings (SSSR count). The summed E-state index contributed by atoms with van der Waals surface area (Å²) in [4.78, 5) is 0. The zero-order chi connectivity index (χ0) is 12.2. The summed E-state index contributed by atoms with van der Waals surface area (Å²) in [6.45, 7) is -0.267. The molecule has 0 heterocycles. The number of aliphatic hydroxyl groups excluding tert-OH is 1. The van der Waals surface area contributed by atoms with Crippen LogP contribution in [0.2, 0.25) is 5.02 Å². The van der Waals surface area contributed by atoms with Crippen molar-refractivity contribution in [1.29, 1.82) is 0 Å². The van der Waals surface area contributed by atoms with E-state index in [4.69, 9.17) is 16.7 Å². The van der Waals surface area contributed by atoms with Crippen molar-refractivity contribution in [2.75, 3.05) is 6.54 Å². The molecule has 0 bridgehead atoms. The number of nitrogens with one attached hydrogen (secondary N) is 1. The largest absolute Gasteiger partial charge is 0.415 e. The van der Waals surface area contributed by atoms with Crippen LogP contribution in [0, 0.1) is 0 Å². The third-order valence-electron chi connectivity index (χ3n) is 1.96. The molecule has 0 aromatic heterocycles. The van der Waals surface area contributed by atoms with E-state index in [1.54, 1.807) is 24.3 Å². The van der Waals surface area contributed by atoms with Crippen LogP contribution in [-0.2, 0) is 6.54 Å². The van der Waals surface area contributed by atoms with Crippen molar-refractivity contribution >= 4 is 11.6 Å². The third kappa shape index (κ3) is 4.38. The second kappa shape index (κ2) is 5.52. The Kier molecular flexibility index (Phi) is 4.58. The van der Waals surface area contributed by atoms with Gasteiger partial charge in [0.15, 0.2) is 6.10 Å². The first-order valence-electron chi connectivity index (χ1n) is 4.59. The van der Waals surface area contributed by atoms with Gasteiger partial charge in [0.1, 0.15) is 0 Å². The maximum Gasteiger partial charge on any atom is 0.415 e. The van der Waals surface area contributed by atoms with Crippen LogP contribution < -0.4 is 5.32 Å². The molecule has 0 radical (unpaired) electrons. The Morgan fingerprint density at radius 1 is 1.25 bits per heavy atom. The fraction of sp³-hybridized carbons (Fsp3) is 0.400. The van der Waals surface area contributed by atoms with Gasteiger partial charge < -0.3 is 10.4 Å². The van der Waals surface area contributed by atoms with Gasteiger partial charge >= 0.3 is 6.18 Å². The molecular formula is C10H11ClF3NO. The van der Waals surface area contributed by atoms with Crippen molar-refractivity contribution in [2.45, 2.75) is 18.8 Å². The zero-order valence-electron chi connectivity index (χ0n) is 8.26. The van der Waals surface area contributed by atoms with Gasteiger partial charge in [-0.1, -0.05) is 23.7 Å². The summed E-state index contributed by atoms with van der Waals surface area (Å²) in [7, 11) is 0. The average Bonchev–Trinajstić information content (AvgIpc) is 2.19. The summed E-state index contributed by atoms with van der Waals surface area (Å²) in [5.41, 5.74) is 0.804. The average molecular weight is 254 g/mol. The van der Waals surface area contributed by atoms with E-state index in [1.165, 1.54) is 0 Å². The van der Waals surface area contributed by atoms with Gasteiger partial charge in [0.05, 0.1) is 0 Å². The van der Waals surface area contributed by atoms with Crippen molar-refractivity contribution in [3.8, 4) is 0 Å². The van der Waals surface area contributed by atoms with Crippen LogP contribution in [0.5, 0.6) is 0 Å². The van der Waals surface area contributed by atoms with E-state index in [9.17, 15) is 13.2 Å². The van der Waals surface area contributed by atoms with Crippen LogP contribution in [0.3, 0.4) is 0 Å². The Hall–Kier alpha value is -0.780. The molecule has 0 aliphatic heterocycles. The summed E-state index contributed by atoms with van der Waals surface area (Å²) in [6, 6.07) is 6.71. The smallest absolute Gasteiger partial charge is 0.382 e. The monoisotopic (exact) mass is 253 g/mol. The number of hydrogen-bond acceptors (Lipinski definition) is 2. The van der Waals surface area contributed by atoms with Crippen LogP contribution in [0.1, 0.15) is 5.56 Å². The lowest BCUT2D eigenvalue weighted by atomic mass is 10.2. The van der Waals surface area contributed by atoms with E-state index in [0.717, 1.165) is 5.56 Å². The van der Waals surface area contributed by atoms with Gasteiger partial charge in [-0.05, 0) is 17.7 Å². The minimum atomic E-state index is -4.58. The first-order valence-corrected chi connectivity index (χ1v) is 4.97. The van der Waals surface area contributed by atoms with E-state index in [-0.39, 0.29) is 6.54 Å². The lowest BCUT2D eigenvalue weighted by molar-refractivity contribution is -0.201. The van der Waals surface area contributed by atoms with Crippen LogP contribution >= 0.6 is 11.6 Å². The fourth-order valence-corrected chi connectivity index (χ4v) is 1.20. The predicted molar refractivity (Wildman–Crippen MR) is 55.2 cm³/mol. The molecule has 0 saturated heterocycles. The van der Waals surface area contributed by atoms with E-state index in [0.29, 0.717) is 5.02 Å². The molecule has 90 valence electrons. The molecule has 0 unspecified atom stereocenters. The van der Waals surface area contributed by atoms with Crippen molar-refractivity contribution in [2.24, 2.45) is 0 Å². The Morgan fingerprint density at radius 2 is 1.81 bits per heavy atom. The number of aliphatic hydroxyl groups is 1. The van der Waals surface area contributed by atoms with E-state index in [1.807, 2.05) is 0 Å². The minimum Gasteiger partial charge on any atom is -0.382 e. The molecule has 16 heavy (non-hydrogen) atoms. The van der Waals surface area contributed by atoms with Crippen molar-refractivity contribution in [3.05, 3.63) is 34.9 Å². The molecule has 1 aromatic rings. The molecule has 2 N–H and O–H groups in total. The second-order valence-electron chi connectivity index (χ2n) is 3.31. The van der Waals surface area contributed by atoms with Crippen LogP contribution in [-0.4, -0.2) is 23.9 Å². The zero-order valence-corrected chi connectivity index (χ0v) is 9.02. The van der Waals surface area contributed by atoms with Crippen molar-refractivity contribution in [1.82, 2.24) is 5.32 Å². The molecule has 0 spiro atoms. The predicted octanol–water partition coefficient (Wildman–Crippen LogP) is 2.35. The summed E-state index contributed by atoms with van der Waals surface area (Å²) >= 11 is 5.65. The summed E-state index contributed by atoms with van der Waals surface area (Å²) in [5.74, 6) is 0. The molecule has 0 aliphatic rings. The summed E-state index contributed by atoms with van der Waals surface area (Å²) in [6.07, 6.45) is -6.91. The molecule has 0 saturated carbocycles. The highest BCUT2D eigenvalue weighted by atomic mass is 35.5. The lowest BCUT2D eigenvalue weighted by Gasteiger charge is -2.14. The van der Waals surface area contributed by atoms with Gasteiger partial charge in [0.25, 0.3) is 0 Å². The highest BCUT2D eigenvalue weighted by Crippen LogP contribution is 2.19. The highest BCUT2D eigenvalue weighted by molar-refractivity contribution is 6.30. The summed E-state index contributed by atoms with van der Waals surface area (Å²) in [5, 5.41) is 11.8. The number of rotatable bonds is 4. The molecule has 0 aliphatic carbocycles. The summed E-state index contributed by atoms with van der Waals surface area (Å²) < 4.78 is 35.8. The molecule has 0 amide bonds. The first-order chi connectivity index (χ1) is 7.39. The van der Waals surface area contributed by atoms with Gasteiger partial charge in [-0.15, -0.1) is 0 Å².